The molecule has 2 aromatic heterocycles. The number of nitrogens with one attached hydrogen (secondary N) is 1. The van der Waals surface area contributed by atoms with E-state index < -0.39 is 6.10 Å². The third-order valence-electron chi connectivity index (χ3n) is 7.96. The maximum absolute atomic E-state index is 11.5. The molecule has 5 rings (SSSR count). The Balaban J connectivity index is 0.935. The quantitative estimate of drug-likeness (QED) is 0.0731. The molecule has 2 heterocycles. The first-order valence-corrected chi connectivity index (χ1v) is 18.8. The van der Waals surface area contributed by atoms with Gasteiger partial charge in [-0.05, 0) is 67.1 Å². The second kappa shape index (κ2) is 20.5. The largest absolute Gasteiger partial charge is 0.491 e. The van der Waals surface area contributed by atoms with Gasteiger partial charge in [0.25, 0.3) is 0 Å². The molecule has 0 radical (unpaired) electrons. The molecule has 12 nitrogen and oxygen atoms in total. The summed E-state index contributed by atoms with van der Waals surface area (Å²) in [5, 5.41) is 24.3. The Morgan fingerprint density at radius 3 is 2.10 bits per heavy atom. The van der Waals surface area contributed by atoms with Gasteiger partial charge in [-0.25, -0.2) is 4.68 Å². The van der Waals surface area contributed by atoms with E-state index in [1.807, 2.05) is 42.6 Å². The van der Waals surface area contributed by atoms with Crippen molar-refractivity contribution in [2.75, 3.05) is 52.8 Å². The van der Waals surface area contributed by atoms with E-state index in [-0.39, 0.29) is 19.1 Å². The van der Waals surface area contributed by atoms with Crippen molar-refractivity contribution in [3.63, 3.8) is 0 Å². The first kappa shape index (κ1) is 38.7. The zero-order valence-electron chi connectivity index (χ0n) is 28.8. The highest BCUT2D eigenvalue weighted by atomic mass is 79.9. The number of halogens is 2. The van der Waals surface area contributed by atoms with Crippen LogP contribution in [-0.4, -0.2) is 89.5 Å². The lowest BCUT2D eigenvalue weighted by Gasteiger charge is -2.15. The van der Waals surface area contributed by atoms with Gasteiger partial charge in [0, 0.05) is 43.7 Å². The van der Waals surface area contributed by atoms with Gasteiger partial charge in [-0.3, -0.25) is 4.79 Å². The highest BCUT2D eigenvalue weighted by molar-refractivity contribution is 9.10. The van der Waals surface area contributed by atoms with Crippen molar-refractivity contribution >= 4 is 59.6 Å². The van der Waals surface area contributed by atoms with Crippen LogP contribution in [0.5, 0.6) is 11.5 Å². The average molecular weight is 832 g/mol. The van der Waals surface area contributed by atoms with E-state index in [2.05, 4.69) is 83.2 Å². The first-order chi connectivity index (χ1) is 24.9. The molecule has 0 saturated carbocycles. The third-order valence-corrected chi connectivity index (χ3v) is 8.94. The number of benzene rings is 3. The van der Waals surface area contributed by atoms with Gasteiger partial charge in [-0.2, -0.15) is 0 Å². The molecule has 1 amide bonds. The summed E-state index contributed by atoms with van der Waals surface area (Å²) in [5.74, 6) is 1.38. The molecule has 1 atom stereocenters. The number of rotatable bonds is 23. The molecule has 0 bridgehead atoms. The minimum absolute atomic E-state index is 0.0717. The standard InChI is InChI=1S/C37H45Br2N5O7/c1-2-3-4-37(46)40-13-15-47-17-19-49-20-18-48-16-14-43-23-29(41-42-43)25-50-31-7-9-32(10-8-31)51-26-30(45)24-44-35-11-5-27(38)21-33(35)34-22-28(39)6-12-36(34)44/h5-12,21-23,30,45H,2-4,13-20,24-26H2,1H3,(H,40,46). The molecule has 274 valence electrons. The second-order valence-electron chi connectivity index (χ2n) is 11.9. The number of unbranched alkanes of at least 4 members (excludes halogenated alkanes) is 1. The summed E-state index contributed by atoms with van der Waals surface area (Å²) in [4.78, 5) is 11.5. The van der Waals surface area contributed by atoms with E-state index in [4.69, 9.17) is 23.7 Å². The van der Waals surface area contributed by atoms with E-state index in [0.29, 0.717) is 82.9 Å². The van der Waals surface area contributed by atoms with Crippen LogP contribution >= 0.6 is 31.9 Å². The van der Waals surface area contributed by atoms with Gasteiger partial charge in [0.2, 0.25) is 5.91 Å². The summed E-state index contributed by atoms with van der Waals surface area (Å²) in [7, 11) is 0. The number of ether oxygens (including phenoxy) is 5. The molecule has 14 heteroatoms. The number of nitrogens with zero attached hydrogens (tertiary/aromatic N) is 4. The van der Waals surface area contributed by atoms with Gasteiger partial charge in [0.1, 0.15) is 36.5 Å². The summed E-state index contributed by atoms with van der Waals surface area (Å²) in [6.07, 6.45) is 3.60. The molecular formula is C37H45Br2N5O7. The number of aliphatic hydroxyl groups excluding tert-OH is 1. The van der Waals surface area contributed by atoms with Crippen LogP contribution in [0.15, 0.2) is 75.8 Å². The molecule has 0 aliphatic carbocycles. The fraction of sp³-hybridized carbons (Fsp3) is 0.432. The van der Waals surface area contributed by atoms with E-state index in [1.165, 1.54) is 0 Å². The predicted octanol–water partition coefficient (Wildman–Crippen LogP) is 6.29. The lowest BCUT2D eigenvalue weighted by molar-refractivity contribution is -0.121. The van der Waals surface area contributed by atoms with Crippen molar-refractivity contribution in [1.82, 2.24) is 24.9 Å². The summed E-state index contributed by atoms with van der Waals surface area (Å²) in [6, 6.07) is 19.7. The van der Waals surface area contributed by atoms with Gasteiger partial charge in [0.05, 0.1) is 58.9 Å². The highest BCUT2D eigenvalue weighted by Crippen LogP contribution is 2.33. The van der Waals surface area contributed by atoms with Crippen LogP contribution in [0.3, 0.4) is 0 Å². The normalized spacial score (nSPS) is 12.1. The number of carbonyl (C=O) groups excluding carboxylic acids is 1. The predicted molar refractivity (Wildman–Crippen MR) is 202 cm³/mol. The van der Waals surface area contributed by atoms with E-state index in [0.717, 1.165) is 43.6 Å². The molecule has 5 aromatic rings. The summed E-state index contributed by atoms with van der Waals surface area (Å²) in [5.41, 5.74) is 2.81. The van der Waals surface area contributed by atoms with Crippen LogP contribution in [0.4, 0.5) is 0 Å². The minimum Gasteiger partial charge on any atom is -0.491 e. The number of aromatic nitrogens is 4. The molecule has 0 aliphatic heterocycles. The van der Waals surface area contributed by atoms with Crippen LogP contribution in [0.25, 0.3) is 21.8 Å². The van der Waals surface area contributed by atoms with Crippen LogP contribution in [0, 0.1) is 0 Å². The average Bonchev–Trinajstić information content (AvgIpc) is 3.71. The summed E-state index contributed by atoms with van der Waals surface area (Å²) >= 11 is 7.16. The maximum atomic E-state index is 11.5. The van der Waals surface area contributed by atoms with Gasteiger partial charge in [-0.15, -0.1) is 5.10 Å². The number of fused-ring (bicyclic) bond motifs is 3. The molecule has 0 fully saturated rings. The van der Waals surface area contributed by atoms with Crippen molar-refractivity contribution < 1.29 is 33.6 Å². The fourth-order valence-corrected chi connectivity index (χ4v) is 6.11. The van der Waals surface area contributed by atoms with Gasteiger partial charge < -0.3 is 38.7 Å². The number of hydrogen-bond acceptors (Lipinski definition) is 9. The Morgan fingerprint density at radius 1 is 0.843 bits per heavy atom. The lowest BCUT2D eigenvalue weighted by atomic mass is 10.2. The number of carbonyl (C=O) groups is 1. The van der Waals surface area contributed by atoms with Crippen molar-refractivity contribution in [3.8, 4) is 11.5 Å². The van der Waals surface area contributed by atoms with Crippen molar-refractivity contribution in [2.24, 2.45) is 0 Å². The van der Waals surface area contributed by atoms with Gasteiger partial charge in [0.15, 0.2) is 0 Å². The smallest absolute Gasteiger partial charge is 0.220 e. The summed E-state index contributed by atoms with van der Waals surface area (Å²) in [6.45, 7) is 6.78. The zero-order chi connectivity index (χ0) is 35.8. The molecule has 2 N–H and O–H groups in total. The van der Waals surface area contributed by atoms with Crippen molar-refractivity contribution in [2.45, 2.75) is 52.0 Å². The van der Waals surface area contributed by atoms with Gasteiger partial charge in [-0.1, -0.05) is 50.4 Å². The Morgan fingerprint density at radius 2 is 1.45 bits per heavy atom. The SMILES string of the molecule is CCCCC(=O)NCCOCCOCCOCCn1cc(COc2ccc(OCC(O)Cn3c4ccc(Br)cc4c4cc(Br)ccc43)cc2)nn1. The molecule has 3 aromatic carbocycles. The maximum Gasteiger partial charge on any atom is 0.220 e. The van der Waals surface area contributed by atoms with Crippen molar-refractivity contribution in [1.29, 1.82) is 0 Å². The Labute approximate surface area is 314 Å². The van der Waals surface area contributed by atoms with Crippen LogP contribution in [0.1, 0.15) is 31.9 Å². The third kappa shape index (κ3) is 12.3. The van der Waals surface area contributed by atoms with E-state index in [9.17, 15) is 9.90 Å². The number of aliphatic hydroxyl groups is 1. The molecule has 1 unspecified atom stereocenters. The van der Waals surface area contributed by atoms with Crippen molar-refractivity contribution in [3.05, 3.63) is 81.5 Å². The van der Waals surface area contributed by atoms with E-state index >= 15 is 0 Å². The van der Waals surface area contributed by atoms with Crippen LogP contribution in [-0.2, 0) is 38.7 Å². The number of hydrogen-bond donors (Lipinski definition) is 2. The fourth-order valence-electron chi connectivity index (χ4n) is 5.39. The summed E-state index contributed by atoms with van der Waals surface area (Å²) < 4.78 is 34.3. The van der Waals surface area contributed by atoms with E-state index in [1.54, 1.807) is 4.68 Å². The minimum atomic E-state index is -0.716. The van der Waals surface area contributed by atoms with Gasteiger partial charge >= 0.3 is 0 Å². The Hall–Kier alpha value is -3.53. The Bertz CT molecular complexity index is 1760. The molecular weight excluding hydrogens is 786 g/mol. The topological polar surface area (TPSA) is 131 Å². The first-order valence-electron chi connectivity index (χ1n) is 17.2. The zero-order valence-corrected chi connectivity index (χ0v) is 31.9. The van der Waals surface area contributed by atoms with Crippen LogP contribution in [0.2, 0.25) is 0 Å². The highest BCUT2D eigenvalue weighted by Gasteiger charge is 2.15. The molecule has 51 heavy (non-hydrogen) atoms. The Kier molecular flexibility index (Phi) is 15.5. The second-order valence-corrected chi connectivity index (χ2v) is 13.8. The molecule has 0 aliphatic rings. The van der Waals surface area contributed by atoms with Crippen LogP contribution < -0.4 is 14.8 Å². The lowest BCUT2D eigenvalue weighted by Crippen LogP contribution is -2.27. The molecule has 0 spiro atoms. The monoisotopic (exact) mass is 829 g/mol. The molecule has 0 saturated heterocycles. The number of amides is 1.